The minimum absolute atomic E-state index is 0.588. The Morgan fingerprint density at radius 3 is 2.40 bits per heavy atom. The molecule has 0 aliphatic heterocycles. The third-order valence-corrected chi connectivity index (χ3v) is 9.17. The Morgan fingerprint density at radius 1 is 0.960 bits per heavy atom. The summed E-state index contributed by atoms with van der Waals surface area (Å²) in [7, 11) is 0. The van der Waals surface area contributed by atoms with E-state index in [1.807, 2.05) is 0 Å². The molecule has 0 radical (unpaired) electrons. The lowest BCUT2D eigenvalue weighted by molar-refractivity contribution is 0.134. The lowest BCUT2D eigenvalue weighted by Crippen LogP contribution is -2.29. The Balaban J connectivity index is 1.75. The van der Waals surface area contributed by atoms with Crippen LogP contribution in [0.5, 0.6) is 0 Å². The molecule has 0 bridgehead atoms. The molecule has 25 heavy (non-hydrogen) atoms. The van der Waals surface area contributed by atoms with Crippen molar-refractivity contribution in [2.24, 2.45) is 5.41 Å². The molecule has 1 fully saturated rings. The molecule has 1 unspecified atom stereocenters. The van der Waals surface area contributed by atoms with Crippen molar-refractivity contribution in [3.63, 3.8) is 0 Å². The van der Waals surface area contributed by atoms with Crippen LogP contribution in [0, 0.1) is 5.41 Å². The molecule has 2 aromatic heterocycles. The fraction of sp³-hybridized carbons (Fsp3) is 0.739. The zero-order chi connectivity index (χ0) is 17.7. The van der Waals surface area contributed by atoms with E-state index >= 15 is 0 Å². The van der Waals surface area contributed by atoms with Gasteiger partial charge in [0.05, 0.1) is 4.01 Å². The first-order valence-electron chi connectivity index (χ1n) is 10.7. The molecular formula is C23H36S2. The predicted octanol–water partition coefficient (Wildman–Crippen LogP) is 8.94. The van der Waals surface area contributed by atoms with Crippen molar-refractivity contribution < 1.29 is 0 Å². The van der Waals surface area contributed by atoms with E-state index in [1.54, 1.807) is 13.8 Å². The zero-order valence-electron chi connectivity index (χ0n) is 16.5. The molecule has 2 heteroatoms. The summed E-state index contributed by atoms with van der Waals surface area (Å²) < 4.78 is 1.58. The van der Waals surface area contributed by atoms with Crippen molar-refractivity contribution >= 4 is 32.1 Å². The van der Waals surface area contributed by atoms with Crippen LogP contribution >= 0.6 is 22.7 Å². The molecule has 0 saturated heterocycles. The van der Waals surface area contributed by atoms with Crippen molar-refractivity contribution in [3.05, 3.63) is 21.9 Å². The summed E-state index contributed by atoms with van der Waals surface area (Å²) >= 11 is 4.18. The molecule has 0 N–H and O–H groups in total. The maximum absolute atomic E-state index is 2.55. The van der Waals surface area contributed by atoms with E-state index in [-0.39, 0.29) is 0 Å². The van der Waals surface area contributed by atoms with Crippen LogP contribution in [-0.4, -0.2) is 0 Å². The lowest BCUT2D eigenvalue weighted by atomic mass is 9.63. The largest absolute Gasteiger partial charge is 0.129 e. The average molecular weight is 377 g/mol. The highest BCUT2D eigenvalue weighted by Gasteiger charge is 2.38. The maximum Gasteiger partial charge on any atom is 0.0870 e. The van der Waals surface area contributed by atoms with Crippen molar-refractivity contribution in [1.29, 1.82) is 0 Å². The van der Waals surface area contributed by atoms with E-state index in [0.717, 1.165) is 5.92 Å². The van der Waals surface area contributed by atoms with Gasteiger partial charge in [0.1, 0.15) is 0 Å². The molecular weight excluding hydrogens is 340 g/mol. The van der Waals surface area contributed by atoms with E-state index in [9.17, 15) is 0 Å². The standard InChI is InChI=1S/C23H36S2/c1-4-6-9-12-20-16-19-17-21(25-22(19)24-20)18(3)23(13-7-5-2)14-10-8-11-15-23/h16-18H,4-15H2,1-3H3. The Kier molecular flexibility index (Phi) is 7.02. The van der Waals surface area contributed by atoms with Crippen LogP contribution in [0.4, 0.5) is 0 Å². The van der Waals surface area contributed by atoms with Crippen molar-refractivity contribution in [1.82, 2.24) is 0 Å². The van der Waals surface area contributed by atoms with Crippen LogP contribution in [-0.2, 0) is 6.42 Å². The fourth-order valence-corrected chi connectivity index (χ4v) is 7.53. The summed E-state index contributed by atoms with van der Waals surface area (Å²) in [6.07, 6.45) is 16.8. The van der Waals surface area contributed by atoms with Gasteiger partial charge in [-0.25, -0.2) is 0 Å². The molecule has 0 aromatic carbocycles. The third-order valence-electron chi connectivity index (χ3n) is 6.53. The second-order valence-corrected chi connectivity index (χ2v) is 10.8. The molecule has 0 spiro atoms. The van der Waals surface area contributed by atoms with Gasteiger partial charge in [0, 0.05) is 15.1 Å². The van der Waals surface area contributed by atoms with Gasteiger partial charge in [0.2, 0.25) is 0 Å². The first-order chi connectivity index (χ1) is 12.2. The Morgan fingerprint density at radius 2 is 1.72 bits per heavy atom. The summed E-state index contributed by atoms with van der Waals surface area (Å²) in [4.78, 5) is 3.27. The minimum atomic E-state index is 0.588. The molecule has 1 aliphatic rings. The summed E-state index contributed by atoms with van der Waals surface area (Å²) in [6, 6.07) is 5.04. The van der Waals surface area contributed by atoms with Crippen LogP contribution in [0.3, 0.4) is 0 Å². The van der Waals surface area contributed by atoms with Gasteiger partial charge in [0.15, 0.2) is 0 Å². The van der Waals surface area contributed by atoms with Crippen LogP contribution in [0.1, 0.15) is 107 Å². The highest BCUT2D eigenvalue weighted by Crippen LogP contribution is 2.52. The van der Waals surface area contributed by atoms with Crippen molar-refractivity contribution in [2.45, 2.75) is 104 Å². The van der Waals surface area contributed by atoms with Gasteiger partial charge in [-0.2, -0.15) is 0 Å². The van der Waals surface area contributed by atoms with Gasteiger partial charge in [-0.15, -0.1) is 22.7 Å². The molecule has 1 saturated carbocycles. The highest BCUT2D eigenvalue weighted by molar-refractivity contribution is 7.38. The van der Waals surface area contributed by atoms with Crippen molar-refractivity contribution in [3.8, 4) is 0 Å². The zero-order valence-corrected chi connectivity index (χ0v) is 18.2. The van der Waals surface area contributed by atoms with E-state index in [4.69, 9.17) is 0 Å². The lowest BCUT2D eigenvalue weighted by Gasteiger charge is -2.42. The second kappa shape index (κ2) is 9.04. The van der Waals surface area contributed by atoms with Gasteiger partial charge in [-0.3, -0.25) is 0 Å². The molecule has 140 valence electrons. The van der Waals surface area contributed by atoms with Gasteiger partial charge in [0.25, 0.3) is 0 Å². The number of aryl methyl sites for hydroxylation is 1. The summed E-state index contributed by atoms with van der Waals surface area (Å²) in [5.74, 6) is 0.743. The number of hydrogen-bond acceptors (Lipinski definition) is 2. The number of unbranched alkanes of at least 4 members (excludes halogenated alkanes) is 3. The SMILES string of the molecule is CCCCCc1cc2cc(C(C)C3(CCCC)CCCCC3)sc2s1. The number of rotatable bonds is 9. The van der Waals surface area contributed by atoms with Gasteiger partial charge < -0.3 is 0 Å². The van der Waals surface area contributed by atoms with Gasteiger partial charge in [-0.05, 0) is 55.6 Å². The number of hydrogen-bond donors (Lipinski definition) is 0. The Hall–Kier alpha value is -0.340. The average Bonchev–Trinajstić information content (AvgIpc) is 3.19. The van der Waals surface area contributed by atoms with Crippen molar-refractivity contribution in [2.75, 3.05) is 0 Å². The summed E-state index contributed by atoms with van der Waals surface area (Å²) in [6.45, 7) is 7.18. The third kappa shape index (κ3) is 4.50. The highest BCUT2D eigenvalue weighted by atomic mass is 32.2. The molecule has 3 rings (SSSR count). The molecule has 2 aromatic rings. The minimum Gasteiger partial charge on any atom is -0.129 e. The summed E-state index contributed by atoms with van der Waals surface area (Å²) in [5, 5.41) is 1.53. The van der Waals surface area contributed by atoms with E-state index < -0.39 is 0 Å². The van der Waals surface area contributed by atoms with E-state index in [2.05, 4.69) is 55.6 Å². The van der Waals surface area contributed by atoms with Crippen LogP contribution in [0.2, 0.25) is 0 Å². The molecule has 1 aliphatic carbocycles. The topological polar surface area (TPSA) is 0 Å². The van der Waals surface area contributed by atoms with E-state index in [1.165, 1.54) is 82.4 Å². The van der Waals surface area contributed by atoms with Crippen LogP contribution in [0.15, 0.2) is 12.1 Å². The quantitative estimate of drug-likeness (QED) is 0.383. The first-order valence-corrected chi connectivity index (χ1v) is 12.3. The second-order valence-electron chi connectivity index (χ2n) is 8.31. The number of thiophene rings is 2. The van der Waals surface area contributed by atoms with Crippen LogP contribution in [0.25, 0.3) is 9.40 Å². The van der Waals surface area contributed by atoms with E-state index in [0.29, 0.717) is 5.41 Å². The molecule has 1 atom stereocenters. The smallest absolute Gasteiger partial charge is 0.0870 e. The Labute approximate surface area is 163 Å². The predicted molar refractivity (Wildman–Crippen MR) is 116 cm³/mol. The van der Waals surface area contributed by atoms with Gasteiger partial charge >= 0.3 is 0 Å². The normalized spacial score (nSPS) is 18.7. The Bertz CT molecular complexity index is 611. The molecule has 0 nitrogen and oxygen atoms in total. The van der Waals surface area contributed by atoms with Crippen LogP contribution < -0.4 is 0 Å². The first kappa shape index (κ1) is 19.4. The monoisotopic (exact) mass is 376 g/mol. The maximum atomic E-state index is 2.55. The van der Waals surface area contributed by atoms with Gasteiger partial charge in [-0.1, -0.05) is 65.7 Å². The summed E-state index contributed by atoms with van der Waals surface area (Å²) in [5.41, 5.74) is 0.588. The number of fused-ring (bicyclic) bond motifs is 1. The molecule has 2 heterocycles. The molecule has 0 amide bonds. The fourth-order valence-electron chi connectivity index (χ4n) is 4.78.